The largest absolute Gasteiger partial charge is 0.481 e. The molecule has 0 radical (unpaired) electrons. The Morgan fingerprint density at radius 3 is 3.14 bits per heavy atom. The van der Waals surface area contributed by atoms with Crippen molar-refractivity contribution in [3.63, 3.8) is 0 Å². The molecule has 0 saturated carbocycles. The highest BCUT2D eigenvalue weighted by Gasteiger charge is 2.06. The van der Waals surface area contributed by atoms with Crippen LogP contribution in [-0.2, 0) is 11.2 Å². The number of pyridine rings is 1. The molecule has 2 aromatic rings. The average molecular weight is 190 g/mol. The van der Waals surface area contributed by atoms with E-state index in [-0.39, 0.29) is 6.42 Å². The molecular weight excluding hydrogens is 180 g/mol. The molecule has 0 unspecified atom stereocenters. The zero-order valence-electron chi connectivity index (χ0n) is 7.77. The lowest BCUT2D eigenvalue weighted by Gasteiger charge is -2.01. The van der Waals surface area contributed by atoms with Gasteiger partial charge in [-0.1, -0.05) is 6.07 Å². The van der Waals surface area contributed by atoms with Gasteiger partial charge in [-0.2, -0.15) is 0 Å². The van der Waals surface area contributed by atoms with Crippen LogP contribution >= 0.6 is 0 Å². The predicted octanol–water partition coefficient (Wildman–Crippen LogP) is 1.27. The smallest absolute Gasteiger partial charge is 0.307 e. The maximum absolute atomic E-state index is 10.6. The summed E-state index contributed by atoms with van der Waals surface area (Å²) in [6.07, 6.45) is 3.62. The van der Waals surface area contributed by atoms with Crippen LogP contribution in [0.15, 0.2) is 24.5 Å². The first-order chi connectivity index (χ1) is 6.68. The van der Waals surface area contributed by atoms with Gasteiger partial charge in [0.25, 0.3) is 0 Å². The van der Waals surface area contributed by atoms with Crippen LogP contribution in [0.4, 0.5) is 0 Å². The van der Waals surface area contributed by atoms with E-state index < -0.39 is 5.97 Å². The Labute approximate surface area is 80.8 Å². The molecule has 2 rings (SSSR count). The molecule has 0 spiro atoms. The van der Waals surface area contributed by atoms with E-state index in [9.17, 15) is 4.79 Å². The highest BCUT2D eigenvalue weighted by Crippen LogP contribution is 2.12. The lowest BCUT2D eigenvalue weighted by molar-refractivity contribution is -0.136. The number of imidazole rings is 1. The number of carbonyl (C=O) groups is 1. The Morgan fingerprint density at radius 2 is 2.43 bits per heavy atom. The topological polar surface area (TPSA) is 54.6 Å². The number of hydrogen-bond donors (Lipinski definition) is 1. The molecule has 72 valence electrons. The van der Waals surface area contributed by atoms with Gasteiger partial charge in [-0.25, -0.2) is 4.98 Å². The van der Waals surface area contributed by atoms with Crippen molar-refractivity contribution in [2.24, 2.45) is 0 Å². The van der Waals surface area contributed by atoms with Crippen LogP contribution in [0.25, 0.3) is 5.52 Å². The monoisotopic (exact) mass is 190 g/mol. The molecule has 0 aromatic carbocycles. The molecule has 0 aliphatic rings. The van der Waals surface area contributed by atoms with Crippen molar-refractivity contribution in [1.82, 2.24) is 9.38 Å². The summed E-state index contributed by atoms with van der Waals surface area (Å²) in [5, 5.41) is 8.70. The molecule has 2 aromatic heterocycles. The van der Waals surface area contributed by atoms with Gasteiger partial charge in [0.15, 0.2) is 0 Å². The Bertz CT molecular complexity index is 488. The first-order valence-electron chi connectivity index (χ1n) is 4.32. The fourth-order valence-electron chi connectivity index (χ4n) is 1.52. The van der Waals surface area contributed by atoms with E-state index in [0.29, 0.717) is 0 Å². The highest BCUT2D eigenvalue weighted by atomic mass is 16.4. The third kappa shape index (κ3) is 1.35. The minimum Gasteiger partial charge on any atom is -0.481 e. The van der Waals surface area contributed by atoms with E-state index in [1.807, 2.05) is 29.7 Å². The number of nitrogens with zero attached hydrogens (tertiary/aromatic N) is 2. The minimum absolute atomic E-state index is 0.0372. The van der Waals surface area contributed by atoms with Crippen LogP contribution < -0.4 is 0 Å². The number of carboxylic acid groups (broad SMARTS) is 1. The van der Waals surface area contributed by atoms with Crippen molar-refractivity contribution in [2.45, 2.75) is 13.3 Å². The van der Waals surface area contributed by atoms with Gasteiger partial charge in [-0.3, -0.25) is 4.79 Å². The molecule has 0 saturated heterocycles. The molecule has 4 nitrogen and oxygen atoms in total. The number of fused-ring (bicyclic) bond motifs is 1. The van der Waals surface area contributed by atoms with Crippen LogP contribution in [0.3, 0.4) is 0 Å². The highest BCUT2D eigenvalue weighted by molar-refractivity contribution is 5.74. The summed E-state index contributed by atoms with van der Waals surface area (Å²) in [6.45, 7) is 1.89. The summed E-state index contributed by atoms with van der Waals surface area (Å²) in [6, 6.07) is 3.64. The van der Waals surface area contributed by atoms with Crippen molar-refractivity contribution >= 4 is 11.5 Å². The number of carboxylic acids is 1. The summed E-state index contributed by atoms with van der Waals surface area (Å²) in [5.41, 5.74) is 1.66. The second kappa shape index (κ2) is 3.14. The van der Waals surface area contributed by atoms with Crippen LogP contribution in [0.1, 0.15) is 11.4 Å². The molecular formula is C10H10N2O2. The standard InChI is InChI=1S/C10H10N2O2/c1-7-11-6-9-8(5-10(13)14)3-2-4-12(7)9/h2-4,6H,5H2,1H3,(H,13,14). The van der Waals surface area contributed by atoms with Gasteiger partial charge in [0.05, 0.1) is 18.1 Å². The summed E-state index contributed by atoms with van der Waals surface area (Å²) in [7, 11) is 0. The first-order valence-corrected chi connectivity index (χ1v) is 4.32. The lowest BCUT2D eigenvalue weighted by atomic mass is 10.2. The molecule has 14 heavy (non-hydrogen) atoms. The Hall–Kier alpha value is -1.84. The van der Waals surface area contributed by atoms with Crippen molar-refractivity contribution in [1.29, 1.82) is 0 Å². The summed E-state index contributed by atoms with van der Waals surface area (Å²) in [4.78, 5) is 14.7. The number of aromatic nitrogens is 2. The lowest BCUT2D eigenvalue weighted by Crippen LogP contribution is -2.01. The van der Waals surface area contributed by atoms with Crippen LogP contribution in [0, 0.1) is 6.92 Å². The third-order valence-electron chi connectivity index (χ3n) is 2.19. The number of rotatable bonds is 2. The fourth-order valence-corrected chi connectivity index (χ4v) is 1.52. The second-order valence-electron chi connectivity index (χ2n) is 3.16. The van der Waals surface area contributed by atoms with Gasteiger partial charge >= 0.3 is 5.97 Å². The van der Waals surface area contributed by atoms with Gasteiger partial charge in [0.2, 0.25) is 0 Å². The zero-order valence-corrected chi connectivity index (χ0v) is 7.77. The van der Waals surface area contributed by atoms with E-state index in [4.69, 9.17) is 5.11 Å². The van der Waals surface area contributed by atoms with E-state index >= 15 is 0 Å². The Kier molecular flexibility index (Phi) is 1.96. The van der Waals surface area contributed by atoms with Crippen LogP contribution in [0.5, 0.6) is 0 Å². The number of aliphatic carboxylic acids is 1. The van der Waals surface area contributed by atoms with E-state index in [1.54, 1.807) is 6.20 Å². The average Bonchev–Trinajstić information content (AvgIpc) is 2.49. The molecule has 0 aliphatic heterocycles. The second-order valence-corrected chi connectivity index (χ2v) is 3.16. The molecule has 0 aliphatic carbocycles. The first kappa shape index (κ1) is 8.74. The predicted molar refractivity (Wildman–Crippen MR) is 51.3 cm³/mol. The number of hydrogen-bond acceptors (Lipinski definition) is 2. The normalized spacial score (nSPS) is 10.6. The van der Waals surface area contributed by atoms with Crippen molar-refractivity contribution in [2.75, 3.05) is 0 Å². The van der Waals surface area contributed by atoms with Gasteiger partial charge in [-0.05, 0) is 18.6 Å². The maximum atomic E-state index is 10.6. The van der Waals surface area contributed by atoms with Gasteiger partial charge < -0.3 is 9.51 Å². The van der Waals surface area contributed by atoms with E-state index in [0.717, 1.165) is 16.9 Å². The molecule has 2 heterocycles. The van der Waals surface area contributed by atoms with Crippen molar-refractivity contribution in [3.8, 4) is 0 Å². The van der Waals surface area contributed by atoms with Gasteiger partial charge in [-0.15, -0.1) is 0 Å². The van der Waals surface area contributed by atoms with Gasteiger partial charge in [0, 0.05) is 6.20 Å². The van der Waals surface area contributed by atoms with Crippen molar-refractivity contribution in [3.05, 3.63) is 35.9 Å². The Balaban J connectivity index is 2.59. The molecule has 0 fully saturated rings. The molecule has 0 bridgehead atoms. The minimum atomic E-state index is -0.822. The number of aryl methyl sites for hydroxylation is 1. The quantitative estimate of drug-likeness (QED) is 0.775. The van der Waals surface area contributed by atoms with Gasteiger partial charge in [0.1, 0.15) is 5.82 Å². The van der Waals surface area contributed by atoms with Crippen LogP contribution in [0.2, 0.25) is 0 Å². The van der Waals surface area contributed by atoms with E-state index in [1.165, 1.54) is 0 Å². The molecule has 0 amide bonds. The fraction of sp³-hybridized carbons (Fsp3) is 0.200. The SMILES string of the molecule is Cc1ncc2c(CC(=O)O)cccn12. The zero-order chi connectivity index (χ0) is 10.1. The van der Waals surface area contributed by atoms with Crippen molar-refractivity contribution < 1.29 is 9.90 Å². The van der Waals surface area contributed by atoms with E-state index in [2.05, 4.69) is 4.98 Å². The summed E-state index contributed by atoms with van der Waals surface area (Å²) < 4.78 is 1.89. The third-order valence-corrected chi connectivity index (χ3v) is 2.19. The maximum Gasteiger partial charge on any atom is 0.307 e. The molecule has 1 N–H and O–H groups in total. The summed E-state index contributed by atoms with van der Waals surface area (Å²) in [5.74, 6) is 0.0455. The summed E-state index contributed by atoms with van der Waals surface area (Å²) >= 11 is 0. The Morgan fingerprint density at radius 1 is 1.64 bits per heavy atom. The molecule has 4 heteroatoms. The van der Waals surface area contributed by atoms with Crippen LogP contribution in [-0.4, -0.2) is 20.5 Å². The molecule has 0 atom stereocenters.